The average Bonchev–Trinajstić information content (AvgIpc) is 2.78. The summed E-state index contributed by atoms with van der Waals surface area (Å²) in [6.45, 7) is 5.19. The smallest absolute Gasteiger partial charge is 0.244 e. The maximum atomic E-state index is 13.6. The third-order valence-electron chi connectivity index (χ3n) is 6.60. The zero-order valence-corrected chi connectivity index (χ0v) is 18.5. The summed E-state index contributed by atoms with van der Waals surface area (Å²) in [5.41, 5.74) is 3.49. The lowest BCUT2D eigenvalue weighted by Crippen LogP contribution is -2.59. The van der Waals surface area contributed by atoms with E-state index in [9.17, 15) is 4.79 Å². The van der Waals surface area contributed by atoms with Gasteiger partial charge in [0.25, 0.3) is 0 Å². The third kappa shape index (κ3) is 3.84. The summed E-state index contributed by atoms with van der Waals surface area (Å²) in [6, 6.07) is 17.1. The van der Waals surface area contributed by atoms with E-state index in [0.29, 0.717) is 6.42 Å². The predicted molar refractivity (Wildman–Crippen MR) is 121 cm³/mol. The van der Waals surface area contributed by atoms with Crippen LogP contribution in [0.25, 0.3) is 0 Å². The Morgan fingerprint density at radius 2 is 1.93 bits per heavy atom. The van der Waals surface area contributed by atoms with Crippen LogP contribution in [0.1, 0.15) is 43.9 Å². The van der Waals surface area contributed by atoms with Crippen molar-refractivity contribution in [1.82, 2.24) is 10.2 Å². The fraction of sp³-hybridized carbons (Fsp3) is 0.480. The van der Waals surface area contributed by atoms with Gasteiger partial charge in [-0.2, -0.15) is 0 Å². The van der Waals surface area contributed by atoms with Crippen LogP contribution in [0, 0.1) is 0 Å². The van der Waals surface area contributed by atoms with Crippen molar-refractivity contribution in [3.63, 3.8) is 0 Å². The first-order valence-electron chi connectivity index (χ1n) is 11.0. The second kappa shape index (κ2) is 8.78. The molecule has 160 valence electrons. The van der Waals surface area contributed by atoms with Gasteiger partial charge in [0.2, 0.25) is 5.91 Å². The van der Waals surface area contributed by atoms with Crippen molar-refractivity contribution in [2.75, 3.05) is 25.6 Å². The van der Waals surface area contributed by atoms with Gasteiger partial charge in [-0.1, -0.05) is 30.3 Å². The minimum absolute atomic E-state index is 0.107. The number of likely N-dealkylation sites (N-methyl/N-ethyl adjacent to an activating group) is 1. The van der Waals surface area contributed by atoms with Crippen molar-refractivity contribution >= 4 is 11.6 Å². The summed E-state index contributed by atoms with van der Waals surface area (Å²) in [5.74, 6) is 1.04. The minimum Gasteiger partial charge on any atom is -0.497 e. The Bertz CT molecular complexity index is 883. The third-order valence-corrected chi connectivity index (χ3v) is 6.60. The van der Waals surface area contributed by atoms with E-state index < -0.39 is 0 Å². The molecule has 1 N–H and O–H groups in total. The number of nitrogens with zero attached hydrogens (tertiary/aromatic N) is 2. The van der Waals surface area contributed by atoms with Crippen molar-refractivity contribution in [2.24, 2.45) is 0 Å². The van der Waals surface area contributed by atoms with Crippen molar-refractivity contribution in [1.29, 1.82) is 0 Å². The fourth-order valence-corrected chi connectivity index (χ4v) is 5.05. The first-order valence-corrected chi connectivity index (χ1v) is 11.0. The molecule has 4 rings (SSSR count). The molecule has 3 atom stereocenters. The van der Waals surface area contributed by atoms with Crippen LogP contribution in [0.2, 0.25) is 0 Å². The molecule has 5 nitrogen and oxygen atoms in total. The van der Waals surface area contributed by atoms with E-state index in [1.165, 1.54) is 11.1 Å². The molecule has 2 aliphatic rings. The van der Waals surface area contributed by atoms with Crippen molar-refractivity contribution in [3.8, 4) is 5.75 Å². The Morgan fingerprint density at radius 1 is 1.17 bits per heavy atom. The van der Waals surface area contributed by atoms with Crippen LogP contribution < -0.4 is 15.0 Å². The van der Waals surface area contributed by atoms with E-state index in [2.05, 4.69) is 67.5 Å². The number of nitrogens with one attached hydrogen (secondary N) is 1. The molecular weight excluding hydrogens is 374 g/mol. The Labute approximate surface area is 180 Å². The van der Waals surface area contributed by atoms with Crippen LogP contribution in [-0.4, -0.2) is 49.6 Å². The van der Waals surface area contributed by atoms with Crippen molar-refractivity contribution < 1.29 is 9.53 Å². The monoisotopic (exact) mass is 407 g/mol. The summed E-state index contributed by atoms with van der Waals surface area (Å²) >= 11 is 0. The van der Waals surface area contributed by atoms with Gasteiger partial charge in [-0.25, -0.2) is 0 Å². The summed E-state index contributed by atoms with van der Waals surface area (Å²) in [4.78, 5) is 17.9. The molecule has 2 aliphatic heterocycles. The second-order valence-electron chi connectivity index (χ2n) is 8.73. The predicted octanol–water partition coefficient (Wildman–Crippen LogP) is 3.79. The van der Waals surface area contributed by atoms with Crippen LogP contribution in [0.4, 0.5) is 5.69 Å². The number of piperidine rings is 1. The highest BCUT2D eigenvalue weighted by atomic mass is 16.5. The lowest BCUT2D eigenvalue weighted by atomic mass is 9.88. The number of benzene rings is 2. The maximum absolute atomic E-state index is 13.6. The van der Waals surface area contributed by atoms with E-state index in [0.717, 1.165) is 30.8 Å². The second-order valence-corrected chi connectivity index (χ2v) is 8.73. The van der Waals surface area contributed by atoms with Crippen LogP contribution in [-0.2, 0) is 11.2 Å². The van der Waals surface area contributed by atoms with E-state index >= 15 is 0 Å². The molecule has 1 saturated heterocycles. The molecule has 0 aliphatic carbocycles. The number of carbonyl (C=O) groups excluding carboxylic acids is 1. The average molecular weight is 408 g/mol. The van der Waals surface area contributed by atoms with Crippen LogP contribution in [0.15, 0.2) is 48.5 Å². The molecular formula is C25H33N3O2. The molecule has 0 spiro atoms. The number of hydrogen-bond donors (Lipinski definition) is 1. The summed E-state index contributed by atoms with van der Waals surface area (Å²) in [6.07, 6.45) is 2.92. The standard InChI is InChI=1S/C25H33N3O2/c1-17(2)28-21-13-12-20(30-4)15-19(21)16-23(25(28)29)27(3)22-11-8-14-26-24(22)18-9-6-5-7-10-18/h5-7,9-10,12-13,15,17,22-24,26H,8,11,14,16H2,1-4H3/t22-,23?,24-/m0/s1. The summed E-state index contributed by atoms with van der Waals surface area (Å²) in [7, 11) is 3.82. The maximum Gasteiger partial charge on any atom is 0.244 e. The highest BCUT2D eigenvalue weighted by molar-refractivity contribution is 6.00. The zero-order valence-electron chi connectivity index (χ0n) is 18.5. The lowest BCUT2D eigenvalue weighted by molar-refractivity contribution is -0.125. The van der Waals surface area contributed by atoms with Gasteiger partial charge in [-0.05, 0) is 76.0 Å². The molecule has 2 aromatic carbocycles. The molecule has 0 bridgehead atoms. The zero-order chi connectivity index (χ0) is 21.3. The molecule has 0 radical (unpaired) electrons. The molecule has 1 amide bonds. The first-order chi connectivity index (χ1) is 14.5. The molecule has 2 aromatic rings. The number of rotatable bonds is 5. The van der Waals surface area contributed by atoms with Gasteiger partial charge in [0.15, 0.2) is 0 Å². The summed E-state index contributed by atoms with van der Waals surface area (Å²) in [5, 5.41) is 3.71. The Hall–Kier alpha value is -2.37. The first kappa shape index (κ1) is 20.9. The normalized spacial score (nSPS) is 24.3. The van der Waals surface area contributed by atoms with E-state index in [-0.39, 0.29) is 30.1 Å². The molecule has 30 heavy (non-hydrogen) atoms. The van der Waals surface area contributed by atoms with Crippen LogP contribution in [0.3, 0.4) is 0 Å². The van der Waals surface area contributed by atoms with E-state index in [4.69, 9.17) is 4.74 Å². The van der Waals surface area contributed by atoms with Gasteiger partial charge in [0, 0.05) is 23.8 Å². The number of hydrogen-bond acceptors (Lipinski definition) is 4. The Kier molecular flexibility index (Phi) is 6.11. The number of anilines is 1. The van der Waals surface area contributed by atoms with Gasteiger partial charge >= 0.3 is 0 Å². The minimum atomic E-state index is -0.178. The van der Waals surface area contributed by atoms with E-state index in [1.807, 2.05) is 17.0 Å². The van der Waals surface area contributed by atoms with Gasteiger partial charge < -0.3 is 15.0 Å². The van der Waals surface area contributed by atoms with Crippen LogP contribution >= 0.6 is 0 Å². The number of amides is 1. The molecule has 0 aromatic heterocycles. The number of fused-ring (bicyclic) bond motifs is 1. The van der Waals surface area contributed by atoms with Gasteiger partial charge in [-0.15, -0.1) is 0 Å². The SMILES string of the molecule is COc1ccc2c(c1)CC(N(C)[C@H]1CCCN[C@H]1c1ccccc1)C(=O)N2C(C)C. The molecule has 1 fully saturated rings. The topological polar surface area (TPSA) is 44.8 Å². The van der Waals surface area contributed by atoms with Gasteiger partial charge in [0.1, 0.15) is 5.75 Å². The lowest BCUT2D eigenvalue weighted by Gasteiger charge is -2.46. The quantitative estimate of drug-likeness (QED) is 0.819. The van der Waals surface area contributed by atoms with Gasteiger partial charge in [-0.3, -0.25) is 9.69 Å². The molecule has 5 heteroatoms. The molecule has 2 heterocycles. The van der Waals surface area contributed by atoms with Gasteiger partial charge in [0.05, 0.1) is 13.2 Å². The molecule has 0 saturated carbocycles. The van der Waals surface area contributed by atoms with Crippen LogP contribution in [0.5, 0.6) is 5.75 Å². The number of methoxy groups -OCH3 is 1. The highest BCUT2D eigenvalue weighted by Crippen LogP contribution is 2.36. The number of carbonyl (C=O) groups is 1. The number of ether oxygens (including phenoxy) is 1. The molecule has 1 unspecified atom stereocenters. The Balaban J connectivity index is 1.67. The fourth-order valence-electron chi connectivity index (χ4n) is 5.05. The van der Waals surface area contributed by atoms with Crippen molar-refractivity contribution in [3.05, 3.63) is 59.7 Å². The largest absolute Gasteiger partial charge is 0.497 e. The van der Waals surface area contributed by atoms with E-state index in [1.54, 1.807) is 7.11 Å². The highest BCUT2D eigenvalue weighted by Gasteiger charge is 2.41. The Morgan fingerprint density at radius 3 is 2.63 bits per heavy atom. The van der Waals surface area contributed by atoms with Crippen molar-refractivity contribution in [2.45, 2.75) is 57.3 Å². The summed E-state index contributed by atoms with van der Waals surface area (Å²) < 4.78 is 5.46.